The Bertz CT molecular complexity index is 541. The van der Waals surface area contributed by atoms with Crippen LogP contribution in [0.5, 0.6) is 0 Å². The second-order valence-corrected chi connectivity index (χ2v) is 6.03. The summed E-state index contributed by atoms with van der Waals surface area (Å²) in [5.74, 6) is -0.234. The van der Waals surface area contributed by atoms with Gasteiger partial charge in [-0.1, -0.05) is 6.92 Å². The van der Waals surface area contributed by atoms with E-state index in [-0.39, 0.29) is 17.1 Å². The fourth-order valence-corrected chi connectivity index (χ4v) is 2.35. The highest BCUT2D eigenvalue weighted by Crippen LogP contribution is 2.39. The summed E-state index contributed by atoms with van der Waals surface area (Å²) < 4.78 is 12.2. The van der Waals surface area contributed by atoms with Crippen molar-refractivity contribution in [2.24, 2.45) is 0 Å². The number of pyridine rings is 1. The molecule has 0 amide bonds. The van der Waals surface area contributed by atoms with Crippen LogP contribution in [-0.2, 0) is 9.31 Å². The van der Waals surface area contributed by atoms with Gasteiger partial charge in [0, 0.05) is 6.20 Å². The summed E-state index contributed by atoms with van der Waals surface area (Å²) in [4.78, 5) is 4.24. The van der Waals surface area contributed by atoms with E-state index in [4.69, 9.17) is 14.6 Å². The van der Waals surface area contributed by atoms with Crippen molar-refractivity contribution in [1.29, 1.82) is 5.26 Å². The van der Waals surface area contributed by atoms with Crippen LogP contribution >= 0.6 is 0 Å². The average Bonchev–Trinajstić information content (AvgIpc) is 2.69. The summed E-state index contributed by atoms with van der Waals surface area (Å²) >= 11 is 0. The molecule has 5 heteroatoms. The molecular weight excluding hydrogens is 251 g/mol. The van der Waals surface area contributed by atoms with Crippen LogP contribution in [0.2, 0.25) is 0 Å². The number of hydrogen-bond donors (Lipinski definition) is 0. The van der Waals surface area contributed by atoms with Crippen molar-refractivity contribution in [2.75, 3.05) is 0 Å². The molecule has 2 atom stereocenters. The van der Waals surface area contributed by atoms with Crippen molar-refractivity contribution in [3.8, 4) is 6.07 Å². The van der Waals surface area contributed by atoms with Crippen LogP contribution in [0.3, 0.4) is 0 Å². The van der Waals surface area contributed by atoms with Gasteiger partial charge >= 0.3 is 7.12 Å². The Balaban J connectivity index is 2.29. The van der Waals surface area contributed by atoms with Gasteiger partial charge in [0.05, 0.1) is 28.9 Å². The Morgan fingerprint density at radius 3 is 2.65 bits per heavy atom. The molecule has 4 nitrogen and oxygen atoms in total. The van der Waals surface area contributed by atoms with E-state index < -0.39 is 7.12 Å². The Morgan fingerprint density at radius 2 is 2.10 bits per heavy atom. The molecule has 0 spiro atoms. The van der Waals surface area contributed by atoms with Gasteiger partial charge in [-0.3, -0.25) is 4.98 Å². The fourth-order valence-electron chi connectivity index (χ4n) is 2.35. The summed E-state index contributed by atoms with van der Waals surface area (Å²) in [6.45, 7) is 10.1. The topological polar surface area (TPSA) is 55.1 Å². The Labute approximate surface area is 121 Å². The maximum Gasteiger partial charge on any atom is 0.494 e. The molecule has 0 N–H and O–H groups in total. The highest BCUT2D eigenvalue weighted by Gasteiger charge is 2.53. The minimum Gasteiger partial charge on any atom is -0.399 e. The molecule has 1 aliphatic rings. The molecule has 20 heavy (non-hydrogen) atoms. The molecule has 0 saturated carbocycles. The van der Waals surface area contributed by atoms with E-state index in [0.717, 1.165) is 17.6 Å². The molecule has 2 unspecified atom stereocenters. The number of nitriles is 1. The maximum absolute atomic E-state index is 9.00. The zero-order valence-corrected chi connectivity index (χ0v) is 12.8. The third-order valence-electron chi connectivity index (χ3n) is 4.43. The van der Waals surface area contributed by atoms with E-state index in [9.17, 15) is 0 Å². The second-order valence-electron chi connectivity index (χ2n) is 6.03. The van der Waals surface area contributed by atoms with Crippen LogP contribution in [-0.4, -0.2) is 23.3 Å². The number of hydrogen-bond acceptors (Lipinski definition) is 4. The lowest BCUT2D eigenvalue weighted by atomic mass is 9.79. The van der Waals surface area contributed by atoms with Gasteiger partial charge in [-0.15, -0.1) is 0 Å². The van der Waals surface area contributed by atoms with E-state index >= 15 is 0 Å². The molecule has 0 bridgehead atoms. The van der Waals surface area contributed by atoms with E-state index in [1.54, 1.807) is 6.20 Å². The molecule has 106 valence electrons. The lowest BCUT2D eigenvalue weighted by Gasteiger charge is -2.35. The highest BCUT2D eigenvalue weighted by molar-refractivity contribution is 6.62. The molecule has 1 fully saturated rings. The average molecular weight is 272 g/mol. The monoisotopic (exact) mass is 272 g/mol. The molecule has 2 rings (SSSR count). The first-order chi connectivity index (χ1) is 9.33. The molecule has 1 aliphatic heterocycles. The summed E-state index contributed by atoms with van der Waals surface area (Å²) in [5.41, 5.74) is 1.00. The van der Waals surface area contributed by atoms with Crippen LogP contribution < -0.4 is 5.46 Å². The van der Waals surface area contributed by atoms with Crippen molar-refractivity contribution in [1.82, 2.24) is 4.98 Å². The third kappa shape index (κ3) is 2.46. The third-order valence-corrected chi connectivity index (χ3v) is 4.43. The molecule has 2 heterocycles. The largest absolute Gasteiger partial charge is 0.494 e. The van der Waals surface area contributed by atoms with Crippen LogP contribution in [0.15, 0.2) is 18.3 Å². The van der Waals surface area contributed by atoms with Gasteiger partial charge in [-0.25, -0.2) is 0 Å². The summed E-state index contributed by atoms with van der Waals surface area (Å²) in [6.07, 6.45) is 2.59. The number of rotatable bonds is 3. The van der Waals surface area contributed by atoms with Gasteiger partial charge in [0.15, 0.2) is 0 Å². The maximum atomic E-state index is 9.00. The Hall–Kier alpha value is -1.38. The van der Waals surface area contributed by atoms with Gasteiger partial charge < -0.3 is 9.31 Å². The molecule has 1 saturated heterocycles. The Kier molecular flexibility index (Phi) is 3.90. The molecule has 0 aromatic carbocycles. The minimum absolute atomic E-state index is 0.234. The lowest BCUT2D eigenvalue weighted by Crippen LogP contribution is -2.44. The van der Waals surface area contributed by atoms with E-state index in [1.165, 1.54) is 0 Å². The molecule has 1 aromatic rings. The van der Waals surface area contributed by atoms with Gasteiger partial charge in [0.25, 0.3) is 0 Å². The quantitative estimate of drug-likeness (QED) is 0.793. The molecule has 0 aliphatic carbocycles. The molecule has 0 radical (unpaired) electrons. The molecular formula is C15H21BN2O2. The predicted molar refractivity (Wildman–Crippen MR) is 78.6 cm³/mol. The second kappa shape index (κ2) is 5.19. The van der Waals surface area contributed by atoms with Gasteiger partial charge in [-0.05, 0) is 51.7 Å². The van der Waals surface area contributed by atoms with Crippen molar-refractivity contribution in [3.63, 3.8) is 0 Å². The van der Waals surface area contributed by atoms with Crippen molar-refractivity contribution in [3.05, 3.63) is 24.0 Å². The van der Waals surface area contributed by atoms with E-state index in [1.807, 2.05) is 19.1 Å². The van der Waals surface area contributed by atoms with Crippen LogP contribution in [0, 0.1) is 11.3 Å². The SMILES string of the molecule is CCC1(C)OB(c2ccnc(C(C)C#N)c2)OC1(C)C. The van der Waals surface area contributed by atoms with Crippen LogP contribution in [0.25, 0.3) is 0 Å². The Morgan fingerprint density at radius 1 is 1.40 bits per heavy atom. The van der Waals surface area contributed by atoms with Gasteiger partial charge in [-0.2, -0.15) is 5.26 Å². The fraction of sp³-hybridized carbons (Fsp3) is 0.600. The van der Waals surface area contributed by atoms with Crippen molar-refractivity contribution < 1.29 is 9.31 Å². The van der Waals surface area contributed by atoms with Crippen LogP contribution in [0.4, 0.5) is 0 Å². The minimum atomic E-state index is -0.400. The summed E-state index contributed by atoms with van der Waals surface area (Å²) in [5, 5.41) is 9.00. The van der Waals surface area contributed by atoms with Gasteiger partial charge in [0.2, 0.25) is 0 Å². The van der Waals surface area contributed by atoms with E-state index in [0.29, 0.717) is 0 Å². The standard InChI is InChI=1S/C15H21BN2O2/c1-6-15(5)14(3,4)19-16(20-15)12-7-8-18-13(9-12)11(2)10-17/h7-9,11H,6H2,1-5H3. The predicted octanol–water partition coefficient (Wildman–Crippen LogP) is 2.40. The smallest absolute Gasteiger partial charge is 0.399 e. The first-order valence-electron chi connectivity index (χ1n) is 7.04. The first-order valence-corrected chi connectivity index (χ1v) is 7.04. The van der Waals surface area contributed by atoms with Crippen molar-refractivity contribution in [2.45, 2.75) is 58.2 Å². The van der Waals surface area contributed by atoms with Crippen LogP contribution in [0.1, 0.15) is 52.7 Å². The van der Waals surface area contributed by atoms with E-state index in [2.05, 4.69) is 38.7 Å². The normalized spacial score (nSPS) is 26.3. The zero-order valence-electron chi connectivity index (χ0n) is 12.8. The zero-order chi connectivity index (χ0) is 15.0. The highest BCUT2D eigenvalue weighted by atomic mass is 16.7. The number of nitrogens with zero attached hydrogens (tertiary/aromatic N) is 2. The molecule has 1 aromatic heterocycles. The number of aromatic nitrogens is 1. The summed E-state index contributed by atoms with van der Waals surface area (Å²) in [6, 6.07) is 5.98. The summed E-state index contributed by atoms with van der Waals surface area (Å²) in [7, 11) is -0.400. The lowest BCUT2D eigenvalue weighted by molar-refractivity contribution is -0.0118. The first kappa shape index (κ1) is 15.0. The van der Waals surface area contributed by atoms with Gasteiger partial charge in [0.1, 0.15) is 0 Å². The van der Waals surface area contributed by atoms with Crippen molar-refractivity contribution >= 4 is 12.6 Å².